The summed E-state index contributed by atoms with van der Waals surface area (Å²) in [5.74, 6) is 0. The topological polar surface area (TPSA) is 4.93 Å². The molecule has 12 rings (SSSR count). The lowest BCUT2D eigenvalue weighted by Crippen LogP contribution is -1.96. The second-order valence-corrected chi connectivity index (χ2v) is 14.8. The molecule has 1 aromatic heterocycles. The normalized spacial score (nSPS) is 12.0. The van der Waals surface area contributed by atoms with Crippen molar-refractivity contribution in [3.05, 3.63) is 200 Å². The van der Waals surface area contributed by atoms with Gasteiger partial charge in [-0.3, -0.25) is 0 Å². The summed E-state index contributed by atoms with van der Waals surface area (Å²) in [4.78, 5) is 0. The van der Waals surface area contributed by atoms with Crippen molar-refractivity contribution in [3.63, 3.8) is 0 Å². The van der Waals surface area contributed by atoms with Gasteiger partial charge in [-0.05, 0) is 106 Å². The minimum Gasteiger partial charge on any atom is -0.309 e. The SMILES string of the molecule is c1ccc(-c2ccc(-n3c4ccccc4c4ccc(-c5ccc6c7ccccc7c7c8ccccc8c8ccccc8c7c6c5)cc43)c3ccccc23)cc1. The Morgan fingerprint density at radius 1 is 0.236 bits per heavy atom. The van der Waals surface area contributed by atoms with Gasteiger partial charge in [0, 0.05) is 16.2 Å². The highest BCUT2D eigenvalue weighted by atomic mass is 15.0. The lowest BCUT2D eigenvalue weighted by molar-refractivity contribution is 1.20. The Morgan fingerprint density at radius 2 is 0.691 bits per heavy atom. The Kier molecular flexibility index (Phi) is 6.40. The van der Waals surface area contributed by atoms with Crippen LogP contribution >= 0.6 is 0 Å². The molecule has 0 aliphatic rings. The van der Waals surface area contributed by atoms with E-state index in [1.165, 1.54) is 114 Å². The van der Waals surface area contributed by atoms with Crippen LogP contribution < -0.4 is 0 Å². The fourth-order valence-electron chi connectivity index (χ4n) is 9.56. The third-order valence-electron chi connectivity index (χ3n) is 11.9. The van der Waals surface area contributed by atoms with E-state index in [2.05, 4.69) is 205 Å². The van der Waals surface area contributed by atoms with E-state index >= 15 is 0 Å². The highest BCUT2D eigenvalue weighted by Crippen LogP contribution is 2.45. The zero-order valence-electron chi connectivity index (χ0n) is 30.0. The molecular weight excluding hydrogens is 663 g/mol. The molecule has 0 spiro atoms. The second kappa shape index (κ2) is 11.6. The van der Waals surface area contributed by atoms with Gasteiger partial charge in [0.05, 0.1) is 16.7 Å². The zero-order valence-corrected chi connectivity index (χ0v) is 30.0. The fraction of sp³-hybridized carbons (Fsp3) is 0. The van der Waals surface area contributed by atoms with Crippen LogP contribution in [-0.2, 0) is 0 Å². The number of benzene rings is 11. The molecule has 1 heterocycles. The molecular formula is C54H33N. The number of para-hydroxylation sites is 1. The van der Waals surface area contributed by atoms with Crippen LogP contribution in [0.1, 0.15) is 0 Å². The van der Waals surface area contributed by atoms with Gasteiger partial charge in [-0.2, -0.15) is 0 Å². The smallest absolute Gasteiger partial charge is 0.0547 e. The third-order valence-corrected chi connectivity index (χ3v) is 11.9. The average molecular weight is 696 g/mol. The Balaban J connectivity index is 1.15. The summed E-state index contributed by atoms with van der Waals surface area (Å²) in [7, 11) is 0. The fourth-order valence-corrected chi connectivity index (χ4v) is 9.56. The van der Waals surface area contributed by atoms with Crippen LogP contribution in [0.2, 0.25) is 0 Å². The first kappa shape index (κ1) is 30.3. The molecule has 55 heavy (non-hydrogen) atoms. The molecule has 0 aliphatic heterocycles. The predicted octanol–water partition coefficient (Wildman–Crippen LogP) is 15.0. The van der Waals surface area contributed by atoms with Crippen LogP contribution in [0.15, 0.2) is 200 Å². The summed E-state index contributed by atoms with van der Waals surface area (Å²) in [5, 5.41) is 18.0. The third kappa shape index (κ3) is 4.35. The minimum absolute atomic E-state index is 1.19. The number of aromatic nitrogens is 1. The number of fused-ring (bicyclic) bond motifs is 15. The molecule has 0 saturated carbocycles. The molecule has 0 atom stereocenters. The predicted molar refractivity (Wildman–Crippen MR) is 237 cm³/mol. The van der Waals surface area contributed by atoms with Crippen molar-refractivity contribution in [3.8, 4) is 27.9 Å². The maximum Gasteiger partial charge on any atom is 0.0547 e. The molecule has 11 aromatic carbocycles. The molecule has 12 aromatic rings. The second-order valence-electron chi connectivity index (χ2n) is 14.8. The van der Waals surface area contributed by atoms with E-state index in [0.717, 1.165) is 0 Å². The molecule has 0 aliphatic carbocycles. The first-order valence-electron chi connectivity index (χ1n) is 19.1. The van der Waals surface area contributed by atoms with E-state index in [-0.39, 0.29) is 0 Å². The first-order valence-corrected chi connectivity index (χ1v) is 19.1. The summed E-state index contributed by atoms with van der Waals surface area (Å²) in [6.45, 7) is 0. The van der Waals surface area contributed by atoms with Gasteiger partial charge < -0.3 is 4.57 Å². The molecule has 254 valence electrons. The van der Waals surface area contributed by atoms with Crippen LogP contribution in [0.25, 0.3) is 114 Å². The van der Waals surface area contributed by atoms with Gasteiger partial charge in [-0.15, -0.1) is 0 Å². The van der Waals surface area contributed by atoms with Crippen LogP contribution in [-0.4, -0.2) is 4.57 Å². The first-order chi connectivity index (χ1) is 27.3. The number of rotatable bonds is 3. The average Bonchev–Trinajstić information content (AvgIpc) is 3.59. The van der Waals surface area contributed by atoms with Crippen molar-refractivity contribution in [2.75, 3.05) is 0 Å². The maximum atomic E-state index is 2.48. The summed E-state index contributed by atoms with van der Waals surface area (Å²) < 4.78 is 2.48. The summed E-state index contributed by atoms with van der Waals surface area (Å²) in [5.41, 5.74) is 8.50. The molecule has 0 bridgehead atoms. The molecule has 0 amide bonds. The van der Waals surface area contributed by atoms with Gasteiger partial charge in [-0.1, -0.05) is 176 Å². The van der Waals surface area contributed by atoms with E-state index < -0.39 is 0 Å². The molecule has 1 nitrogen and oxygen atoms in total. The van der Waals surface area contributed by atoms with Crippen molar-refractivity contribution in [1.82, 2.24) is 4.57 Å². The van der Waals surface area contributed by atoms with Crippen molar-refractivity contribution in [2.45, 2.75) is 0 Å². The van der Waals surface area contributed by atoms with Gasteiger partial charge in [0.25, 0.3) is 0 Å². The number of hydrogen-bond acceptors (Lipinski definition) is 0. The Bertz CT molecular complexity index is 3520. The quantitative estimate of drug-likeness (QED) is 0.162. The Hall–Kier alpha value is -7.22. The van der Waals surface area contributed by atoms with Crippen LogP contribution in [0, 0.1) is 0 Å². The van der Waals surface area contributed by atoms with Crippen molar-refractivity contribution in [1.29, 1.82) is 0 Å². The Labute approximate surface area is 317 Å². The van der Waals surface area contributed by atoms with E-state index in [0.29, 0.717) is 0 Å². The van der Waals surface area contributed by atoms with Crippen LogP contribution in [0.3, 0.4) is 0 Å². The summed E-state index contributed by atoms with van der Waals surface area (Å²) in [6, 6.07) is 74.0. The monoisotopic (exact) mass is 695 g/mol. The highest BCUT2D eigenvalue weighted by Gasteiger charge is 2.19. The van der Waals surface area contributed by atoms with Gasteiger partial charge in [0.1, 0.15) is 0 Å². The molecule has 0 fully saturated rings. The van der Waals surface area contributed by atoms with Crippen LogP contribution in [0.4, 0.5) is 0 Å². The van der Waals surface area contributed by atoms with Crippen molar-refractivity contribution < 1.29 is 0 Å². The van der Waals surface area contributed by atoms with Gasteiger partial charge in [0.15, 0.2) is 0 Å². The van der Waals surface area contributed by atoms with E-state index in [4.69, 9.17) is 0 Å². The highest BCUT2D eigenvalue weighted by molar-refractivity contribution is 6.39. The lowest BCUT2D eigenvalue weighted by Gasteiger charge is -2.17. The molecule has 0 radical (unpaired) electrons. The Morgan fingerprint density at radius 3 is 1.35 bits per heavy atom. The van der Waals surface area contributed by atoms with E-state index in [1.807, 2.05) is 0 Å². The van der Waals surface area contributed by atoms with Crippen molar-refractivity contribution >= 4 is 86.4 Å². The van der Waals surface area contributed by atoms with Gasteiger partial charge in [0.2, 0.25) is 0 Å². The van der Waals surface area contributed by atoms with E-state index in [9.17, 15) is 0 Å². The zero-order chi connectivity index (χ0) is 36.0. The molecule has 0 N–H and O–H groups in total. The number of hydrogen-bond donors (Lipinski definition) is 0. The molecule has 0 saturated heterocycles. The number of nitrogens with zero attached hydrogens (tertiary/aromatic N) is 1. The molecule has 1 heteroatoms. The summed E-state index contributed by atoms with van der Waals surface area (Å²) in [6.07, 6.45) is 0. The molecule has 0 unspecified atom stereocenters. The minimum atomic E-state index is 1.19. The summed E-state index contributed by atoms with van der Waals surface area (Å²) >= 11 is 0. The lowest BCUT2D eigenvalue weighted by atomic mass is 9.86. The maximum absolute atomic E-state index is 2.48. The van der Waals surface area contributed by atoms with E-state index in [1.54, 1.807) is 0 Å². The van der Waals surface area contributed by atoms with Gasteiger partial charge >= 0.3 is 0 Å². The van der Waals surface area contributed by atoms with Crippen LogP contribution in [0.5, 0.6) is 0 Å². The standard InChI is InChI=1S/C54H33N/c1-2-14-34(15-3-1)37-30-31-51(43-20-8-4-16-38(37)43)55-50-25-13-12-21-44(50)45-29-27-36(33-52(45)55)35-26-28-42-41-19-7-10-23-47(41)53-46-22-9-5-17-39(46)40-18-6-11-24-48(40)54(53)49(42)32-35/h1-33H. The van der Waals surface area contributed by atoms with Crippen molar-refractivity contribution in [2.24, 2.45) is 0 Å². The van der Waals surface area contributed by atoms with Gasteiger partial charge in [-0.25, -0.2) is 0 Å². The largest absolute Gasteiger partial charge is 0.309 e.